The van der Waals surface area contributed by atoms with E-state index in [0.717, 1.165) is 12.1 Å². The molecule has 3 rings (SSSR count). The van der Waals surface area contributed by atoms with Gasteiger partial charge in [-0.25, -0.2) is 0 Å². The van der Waals surface area contributed by atoms with Crippen LogP contribution in [0.3, 0.4) is 0 Å². The molecular formula is C22H21ClF3N3O2. The fraction of sp³-hybridized carbons (Fsp3) is 0.318. The quantitative estimate of drug-likeness (QED) is 0.459. The van der Waals surface area contributed by atoms with Crippen molar-refractivity contribution in [3.05, 3.63) is 70.6 Å². The first-order valence-corrected chi connectivity index (χ1v) is 10.1. The Bertz CT molecular complexity index is 1050. The van der Waals surface area contributed by atoms with E-state index in [2.05, 4.69) is 10.1 Å². The summed E-state index contributed by atoms with van der Waals surface area (Å²) >= 11 is 6.16. The fourth-order valence-electron chi connectivity index (χ4n) is 3.06. The Hall–Kier alpha value is -2.87. The minimum Gasteiger partial charge on any atom is -0.339 e. The van der Waals surface area contributed by atoms with Gasteiger partial charge in [0.1, 0.15) is 0 Å². The van der Waals surface area contributed by atoms with Crippen LogP contribution in [0.15, 0.2) is 53.1 Å². The van der Waals surface area contributed by atoms with Gasteiger partial charge in [-0.15, -0.1) is 0 Å². The highest BCUT2D eigenvalue weighted by molar-refractivity contribution is 6.33. The van der Waals surface area contributed by atoms with Gasteiger partial charge in [0.05, 0.1) is 16.1 Å². The molecule has 9 heteroatoms. The maximum Gasteiger partial charge on any atom is 0.416 e. The minimum atomic E-state index is -4.46. The maximum absolute atomic E-state index is 12.9. The van der Waals surface area contributed by atoms with Crippen molar-refractivity contribution in [3.63, 3.8) is 0 Å². The van der Waals surface area contributed by atoms with Crippen LogP contribution in [0.2, 0.25) is 5.02 Å². The van der Waals surface area contributed by atoms with Crippen molar-refractivity contribution in [2.75, 3.05) is 13.1 Å². The number of rotatable bonds is 7. The van der Waals surface area contributed by atoms with Gasteiger partial charge >= 0.3 is 6.18 Å². The third-order valence-electron chi connectivity index (χ3n) is 4.49. The highest BCUT2D eigenvalue weighted by Gasteiger charge is 2.30. The van der Waals surface area contributed by atoms with Crippen molar-refractivity contribution < 1.29 is 22.5 Å². The number of carbonyl (C=O) groups is 1. The zero-order chi connectivity index (χ0) is 22.6. The van der Waals surface area contributed by atoms with Gasteiger partial charge in [0.15, 0.2) is 0 Å². The van der Waals surface area contributed by atoms with Crippen LogP contribution in [-0.2, 0) is 12.6 Å². The van der Waals surface area contributed by atoms with Gasteiger partial charge in [-0.2, -0.15) is 18.2 Å². The van der Waals surface area contributed by atoms with Gasteiger partial charge in [0.25, 0.3) is 5.91 Å². The van der Waals surface area contributed by atoms with Crippen LogP contribution < -0.4 is 0 Å². The number of benzene rings is 2. The maximum atomic E-state index is 12.9. The molecule has 2 aromatic carbocycles. The molecule has 0 aliphatic heterocycles. The van der Waals surface area contributed by atoms with E-state index >= 15 is 0 Å². The molecule has 0 spiro atoms. The number of alkyl halides is 3. The summed E-state index contributed by atoms with van der Waals surface area (Å²) < 4.78 is 44.0. The molecule has 0 bridgehead atoms. The van der Waals surface area contributed by atoms with E-state index in [9.17, 15) is 18.0 Å². The standard InChI is InChI=1S/C22H21ClF3N3O2/c1-14(2)13-29(21(30)17-8-3-4-9-18(17)23)11-10-19-27-20(28-31-19)15-6-5-7-16(12-15)22(24,25)26/h3-9,12,14H,10-11,13H2,1-2H3. The number of hydrogen-bond acceptors (Lipinski definition) is 4. The van der Waals surface area contributed by atoms with E-state index in [0.29, 0.717) is 23.7 Å². The van der Waals surface area contributed by atoms with Crippen LogP contribution in [0.5, 0.6) is 0 Å². The lowest BCUT2D eigenvalue weighted by molar-refractivity contribution is -0.137. The van der Waals surface area contributed by atoms with E-state index in [-0.39, 0.29) is 35.5 Å². The minimum absolute atomic E-state index is 0.0638. The van der Waals surface area contributed by atoms with Crippen molar-refractivity contribution in [1.82, 2.24) is 15.0 Å². The molecule has 164 valence electrons. The Morgan fingerprint density at radius 3 is 2.58 bits per heavy atom. The van der Waals surface area contributed by atoms with E-state index in [1.165, 1.54) is 12.1 Å². The molecule has 1 heterocycles. The zero-order valence-electron chi connectivity index (χ0n) is 17.0. The monoisotopic (exact) mass is 451 g/mol. The van der Waals surface area contributed by atoms with Crippen LogP contribution in [0.1, 0.15) is 35.7 Å². The number of aromatic nitrogens is 2. The summed E-state index contributed by atoms with van der Waals surface area (Å²) in [6.45, 7) is 4.78. The zero-order valence-corrected chi connectivity index (χ0v) is 17.7. The predicted octanol–water partition coefficient (Wildman–Crippen LogP) is 5.75. The van der Waals surface area contributed by atoms with Crippen LogP contribution in [-0.4, -0.2) is 34.0 Å². The molecule has 0 aliphatic rings. The van der Waals surface area contributed by atoms with Crippen molar-refractivity contribution in [2.45, 2.75) is 26.4 Å². The van der Waals surface area contributed by atoms with Gasteiger partial charge in [-0.05, 0) is 30.2 Å². The van der Waals surface area contributed by atoms with E-state index < -0.39 is 11.7 Å². The summed E-state index contributed by atoms with van der Waals surface area (Å²) in [5.74, 6) is 0.300. The molecule has 5 nitrogen and oxygen atoms in total. The summed E-state index contributed by atoms with van der Waals surface area (Å²) in [5, 5.41) is 4.15. The summed E-state index contributed by atoms with van der Waals surface area (Å²) in [5.41, 5.74) is -0.180. The van der Waals surface area contributed by atoms with Crippen LogP contribution >= 0.6 is 11.6 Å². The Morgan fingerprint density at radius 1 is 1.16 bits per heavy atom. The molecule has 1 amide bonds. The van der Waals surface area contributed by atoms with E-state index in [1.807, 2.05) is 13.8 Å². The van der Waals surface area contributed by atoms with Crippen LogP contribution in [0, 0.1) is 5.92 Å². The molecule has 31 heavy (non-hydrogen) atoms. The highest BCUT2D eigenvalue weighted by Crippen LogP contribution is 2.31. The molecule has 0 N–H and O–H groups in total. The Morgan fingerprint density at radius 2 is 1.90 bits per heavy atom. The molecule has 0 saturated carbocycles. The van der Waals surface area contributed by atoms with E-state index in [1.54, 1.807) is 29.2 Å². The van der Waals surface area contributed by atoms with Crippen LogP contribution in [0.25, 0.3) is 11.4 Å². The smallest absolute Gasteiger partial charge is 0.339 e. The average molecular weight is 452 g/mol. The Kier molecular flexibility index (Phi) is 7.00. The summed E-state index contributed by atoms with van der Waals surface area (Å²) in [7, 11) is 0. The van der Waals surface area contributed by atoms with Crippen molar-refractivity contribution in [3.8, 4) is 11.4 Å². The molecule has 0 atom stereocenters. The second-order valence-electron chi connectivity index (χ2n) is 7.47. The average Bonchev–Trinajstić information content (AvgIpc) is 3.19. The van der Waals surface area contributed by atoms with Crippen LogP contribution in [0.4, 0.5) is 13.2 Å². The van der Waals surface area contributed by atoms with Crippen molar-refractivity contribution in [1.29, 1.82) is 0 Å². The number of halogens is 4. The van der Waals surface area contributed by atoms with Gasteiger partial charge in [0, 0.05) is 25.1 Å². The lowest BCUT2D eigenvalue weighted by Crippen LogP contribution is -2.36. The molecule has 3 aromatic rings. The first kappa shape index (κ1) is 22.8. The first-order chi connectivity index (χ1) is 14.6. The molecular weight excluding hydrogens is 431 g/mol. The van der Waals surface area contributed by atoms with Crippen molar-refractivity contribution in [2.24, 2.45) is 5.92 Å². The normalized spacial score (nSPS) is 11.7. The Labute approximate surface area is 182 Å². The lowest BCUT2D eigenvalue weighted by atomic mass is 10.1. The second-order valence-corrected chi connectivity index (χ2v) is 7.87. The predicted molar refractivity (Wildman–Crippen MR) is 111 cm³/mol. The summed E-state index contributed by atoms with van der Waals surface area (Å²) in [4.78, 5) is 18.8. The fourth-order valence-corrected chi connectivity index (χ4v) is 3.28. The number of nitrogens with zero attached hydrogens (tertiary/aromatic N) is 3. The highest BCUT2D eigenvalue weighted by atomic mass is 35.5. The largest absolute Gasteiger partial charge is 0.416 e. The molecule has 0 aliphatic carbocycles. The molecule has 0 radical (unpaired) electrons. The first-order valence-electron chi connectivity index (χ1n) is 9.69. The number of carbonyl (C=O) groups excluding carboxylic acids is 1. The number of hydrogen-bond donors (Lipinski definition) is 0. The third kappa shape index (κ3) is 5.85. The second kappa shape index (κ2) is 9.51. The SMILES string of the molecule is CC(C)CN(CCc1nc(-c2cccc(C(F)(F)F)c2)no1)C(=O)c1ccccc1Cl. The van der Waals surface area contributed by atoms with Gasteiger partial charge in [-0.3, -0.25) is 4.79 Å². The molecule has 0 saturated heterocycles. The topological polar surface area (TPSA) is 59.2 Å². The summed E-state index contributed by atoms with van der Waals surface area (Å²) in [6.07, 6.45) is -4.20. The summed E-state index contributed by atoms with van der Waals surface area (Å²) in [6, 6.07) is 11.5. The molecule has 1 aromatic heterocycles. The van der Waals surface area contributed by atoms with Crippen molar-refractivity contribution >= 4 is 17.5 Å². The molecule has 0 unspecified atom stereocenters. The Balaban J connectivity index is 1.74. The van der Waals surface area contributed by atoms with Gasteiger partial charge < -0.3 is 9.42 Å². The lowest BCUT2D eigenvalue weighted by Gasteiger charge is -2.24. The molecule has 0 fully saturated rings. The van der Waals surface area contributed by atoms with Gasteiger partial charge in [-0.1, -0.05) is 54.9 Å². The third-order valence-corrected chi connectivity index (χ3v) is 4.82. The van der Waals surface area contributed by atoms with E-state index in [4.69, 9.17) is 16.1 Å². The number of amides is 1. The van der Waals surface area contributed by atoms with Gasteiger partial charge in [0.2, 0.25) is 11.7 Å².